The van der Waals surface area contributed by atoms with Crippen LogP contribution in [-0.4, -0.2) is 17.5 Å². The Labute approximate surface area is 204 Å². The maximum atomic E-state index is 12.4. The number of hydrogen-bond donors (Lipinski definition) is 1. The number of benzene rings is 4. The van der Waals surface area contributed by atoms with E-state index >= 15 is 0 Å². The SMILES string of the molecule is CC(C)c1ccc(OCC(=O)Nc2ccc3oc(-c4ccc(-c5ccccc5)cc4)nc3c2)cc1. The summed E-state index contributed by atoms with van der Waals surface area (Å²) >= 11 is 0. The molecule has 4 aromatic carbocycles. The Morgan fingerprint density at radius 2 is 1.54 bits per heavy atom. The van der Waals surface area contributed by atoms with Gasteiger partial charge in [-0.25, -0.2) is 4.98 Å². The molecule has 174 valence electrons. The largest absolute Gasteiger partial charge is 0.484 e. The Hall–Kier alpha value is -4.38. The molecule has 5 rings (SSSR count). The second-order valence-corrected chi connectivity index (χ2v) is 8.71. The number of rotatable bonds is 7. The molecule has 0 aliphatic heterocycles. The van der Waals surface area contributed by atoms with Crippen LogP contribution in [0.4, 0.5) is 5.69 Å². The van der Waals surface area contributed by atoms with Gasteiger partial charge in [0.1, 0.15) is 11.3 Å². The van der Waals surface area contributed by atoms with Gasteiger partial charge < -0.3 is 14.5 Å². The Bertz CT molecular complexity index is 1440. The molecule has 0 atom stereocenters. The molecular formula is C30H26N2O3. The van der Waals surface area contributed by atoms with E-state index in [-0.39, 0.29) is 12.5 Å². The van der Waals surface area contributed by atoms with Crippen molar-refractivity contribution in [3.05, 3.63) is 103 Å². The predicted molar refractivity (Wildman–Crippen MR) is 140 cm³/mol. The maximum Gasteiger partial charge on any atom is 0.262 e. The van der Waals surface area contributed by atoms with Gasteiger partial charge in [-0.3, -0.25) is 4.79 Å². The zero-order valence-electron chi connectivity index (χ0n) is 19.7. The summed E-state index contributed by atoms with van der Waals surface area (Å²) in [4.78, 5) is 17.0. The standard InChI is InChI=1S/C30H26N2O3/c1-20(2)21-12-15-26(16-13-21)34-19-29(33)31-25-14-17-28-27(18-25)32-30(35-28)24-10-8-23(9-11-24)22-6-4-3-5-7-22/h3-18,20H,19H2,1-2H3,(H,31,33). The van der Waals surface area contributed by atoms with E-state index in [4.69, 9.17) is 9.15 Å². The summed E-state index contributed by atoms with van der Waals surface area (Å²) in [5.41, 5.74) is 6.39. The van der Waals surface area contributed by atoms with Crippen molar-refractivity contribution in [3.63, 3.8) is 0 Å². The topological polar surface area (TPSA) is 64.4 Å². The second-order valence-electron chi connectivity index (χ2n) is 8.71. The van der Waals surface area contributed by atoms with Gasteiger partial charge in [0.15, 0.2) is 12.2 Å². The Kier molecular flexibility index (Phi) is 6.31. The Balaban J connectivity index is 1.24. The van der Waals surface area contributed by atoms with Gasteiger partial charge in [0, 0.05) is 11.3 Å². The van der Waals surface area contributed by atoms with Gasteiger partial charge in [0.25, 0.3) is 5.91 Å². The number of fused-ring (bicyclic) bond motifs is 1. The smallest absolute Gasteiger partial charge is 0.262 e. The van der Waals surface area contributed by atoms with Crippen LogP contribution in [0.25, 0.3) is 33.7 Å². The highest BCUT2D eigenvalue weighted by Crippen LogP contribution is 2.28. The van der Waals surface area contributed by atoms with Crippen LogP contribution in [0.2, 0.25) is 0 Å². The zero-order chi connectivity index (χ0) is 24.2. The van der Waals surface area contributed by atoms with E-state index in [1.807, 2.05) is 60.7 Å². The summed E-state index contributed by atoms with van der Waals surface area (Å²) in [7, 11) is 0. The van der Waals surface area contributed by atoms with E-state index in [2.05, 4.69) is 48.4 Å². The van der Waals surface area contributed by atoms with Crippen molar-refractivity contribution in [2.45, 2.75) is 19.8 Å². The molecule has 1 amide bonds. The van der Waals surface area contributed by atoms with Crippen LogP contribution >= 0.6 is 0 Å². The van der Waals surface area contributed by atoms with Gasteiger partial charge in [0.05, 0.1) is 0 Å². The molecule has 5 heteroatoms. The number of anilines is 1. The number of nitrogens with zero attached hydrogens (tertiary/aromatic N) is 1. The highest BCUT2D eigenvalue weighted by atomic mass is 16.5. The third-order valence-corrected chi connectivity index (χ3v) is 5.83. The van der Waals surface area contributed by atoms with Crippen LogP contribution in [0.1, 0.15) is 25.3 Å². The number of aromatic nitrogens is 1. The van der Waals surface area contributed by atoms with E-state index in [0.29, 0.717) is 34.3 Å². The third-order valence-electron chi connectivity index (χ3n) is 5.83. The van der Waals surface area contributed by atoms with E-state index in [1.54, 1.807) is 12.1 Å². The summed E-state index contributed by atoms with van der Waals surface area (Å²) < 4.78 is 11.6. The molecule has 0 aliphatic rings. The lowest BCUT2D eigenvalue weighted by molar-refractivity contribution is -0.118. The first-order chi connectivity index (χ1) is 17.0. The minimum atomic E-state index is -0.238. The lowest BCUT2D eigenvalue weighted by atomic mass is 10.0. The van der Waals surface area contributed by atoms with Crippen molar-refractivity contribution in [1.29, 1.82) is 0 Å². The lowest BCUT2D eigenvalue weighted by Gasteiger charge is -2.09. The summed E-state index contributed by atoms with van der Waals surface area (Å²) in [5.74, 6) is 1.42. The van der Waals surface area contributed by atoms with Gasteiger partial charge in [-0.05, 0) is 65.1 Å². The quantitative estimate of drug-likeness (QED) is 0.276. The van der Waals surface area contributed by atoms with Crippen LogP contribution in [0, 0.1) is 0 Å². The normalized spacial score (nSPS) is 11.1. The van der Waals surface area contributed by atoms with E-state index < -0.39 is 0 Å². The van der Waals surface area contributed by atoms with Crippen LogP contribution in [-0.2, 0) is 4.79 Å². The van der Waals surface area contributed by atoms with Gasteiger partial charge in [-0.1, -0.05) is 68.4 Å². The molecule has 1 aromatic heterocycles. The molecule has 5 nitrogen and oxygen atoms in total. The van der Waals surface area contributed by atoms with Crippen molar-refractivity contribution in [1.82, 2.24) is 4.98 Å². The number of nitrogens with one attached hydrogen (secondary N) is 1. The number of carbonyl (C=O) groups excluding carboxylic acids is 1. The summed E-state index contributed by atoms with van der Waals surface area (Å²) in [6.07, 6.45) is 0. The van der Waals surface area contributed by atoms with Crippen molar-refractivity contribution >= 4 is 22.7 Å². The fourth-order valence-electron chi connectivity index (χ4n) is 3.86. The van der Waals surface area contributed by atoms with E-state index in [0.717, 1.165) is 16.7 Å². The molecule has 0 saturated carbocycles. The lowest BCUT2D eigenvalue weighted by Crippen LogP contribution is -2.20. The minimum Gasteiger partial charge on any atom is -0.484 e. The molecule has 0 bridgehead atoms. The molecule has 0 fully saturated rings. The van der Waals surface area contributed by atoms with E-state index in [1.165, 1.54) is 5.56 Å². The Morgan fingerprint density at radius 3 is 2.26 bits per heavy atom. The molecule has 0 unspecified atom stereocenters. The molecule has 1 heterocycles. The molecule has 0 aliphatic carbocycles. The van der Waals surface area contributed by atoms with Crippen LogP contribution in [0.5, 0.6) is 5.75 Å². The average molecular weight is 463 g/mol. The van der Waals surface area contributed by atoms with Crippen molar-refractivity contribution < 1.29 is 13.9 Å². The summed E-state index contributed by atoms with van der Waals surface area (Å²) in [6.45, 7) is 4.20. The minimum absolute atomic E-state index is 0.0725. The number of hydrogen-bond acceptors (Lipinski definition) is 4. The molecule has 5 aromatic rings. The van der Waals surface area contributed by atoms with Crippen LogP contribution in [0.3, 0.4) is 0 Å². The van der Waals surface area contributed by atoms with Gasteiger partial charge in [-0.15, -0.1) is 0 Å². The van der Waals surface area contributed by atoms with Crippen molar-refractivity contribution in [2.75, 3.05) is 11.9 Å². The molecule has 0 radical (unpaired) electrons. The molecule has 1 N–H and O–H groups in total. The van der Waals surface area contributed by atoms with Crippen LogP contribution < -0.4 is 10.1 Å². The van der Waals surface area contributed by atoms with Gasteiger partial charge in [-0.2, -0.15) is 0 Å². The van der Waals surface area contributed by atoms with Gasteiger partial charge >= 0.3 is 0 Å². The summed E-state index contributed by atoms with van der Waals surface area (Å²) in [6, 6.07) is 31.5. The second kappa shape index (κ2) is 9.85. The highest BCUT2D eigenvalue weighted by molar-refractivity contribution is 5.94. The molecule has 35 heavy (non-hydrogen) atoms. The van der Waals surface area contributed by atoms with E-state index in [9.17, 15) is 4.79 Å². The Morgan fingerprint density at radius 1 is 0.857 bits per heavy atom. The average Bonchev–Trinajstić information content (AvgIpc) is 3.32. The van der Waals surface area contributed by atoms with Gasteiger partial charge in [0.2, 0.25) is 5.89 Å². The van der Waals surface area contributed by atoms with Crippen molar-refractivity contribution in [2.24, 2.45) is 0 Å². The molecule has 0 spiro atoms. The highest BCUT2D eigenvalue weighted by Gasteiger charge is 2.11. The zero-order valence-corrected chi connectivity index (χ0v) is 19.7. The fraction of sp³-hybridized carbons (Fsp3) is 0.133. The predicted octanol–water partition coefficient (Wildman–Crippen LogP) is 7.30. The third kappa shape index (κ3) is 5.25. The number of amides is 1. The molecule has 0 saturated heterocycles. The first kappa shape index (κ1) is 22.4. The number of carbonyl (C=O) groups is 1. The number of ether oxygens (including phenoxy) is 1. The summed E-state index contributed by atoms with van der Waals surface area (Å²) in [5, 5.41) is 2.86. The monoisotopic (exact) mass is 462 g/mol. The van der Waals surface area contributed by atoms with Crippen molar-refractivity contribution in [3.8, 4) is 28.3 Å². The fourth-order valence-corrected chi connectivity index (χ4v) is 3.86. The van der Waals surface area contributed by atoms with Crippen LogP contribution in [0.15, 0.2) is 101 Å². The molecular weight excluding hydrogens is 436 g/mol. The first-order valence-corrected chi connectivity index (χ1v) is 11.6. The maximum absolute atomic E-state index is 12.4. The number of oxazole rings is 1. The first-order valence-electron chi connectivity index (χ1n) is 11.6.